The maximum atomic E-state index is 5.64. The van der Waals surface area contributed by atoms with Gasteiger partial charge in [0.2, 0.25) is 0 Å². The van der Waals surface area contributed by atoms with Crippen LogP contribution in [0.5, 0.6) is 11.5 Å². The molecule has 2 aromatic heterocycles. The standard InChI is InChI=1S/C23H25NO2.C13H13NO.C9H12BrNO.CH4/c1-4-26-17(2)23-13-10-19(16-24-23)14-18-8-11-20(12-9-18)21-6-5-7-22(15-21)25-3;1-15-13-4-2-3-11(9-13)10-5-7-12(14)8-6-10;1-3-12-7(2)9-5-4-8(10)6-11-9;/h5-13,15-17H,4,14H2,1-3H3;2-9H,14H2,1H3;4-7H,3H2,1-2H3;1H4. The summed E-state index contributed by atoms with van der Waals surface area (Å²) in [6.45, 7) is 9.43. The molecule has 2 heterocycles. The van der Waals surface area contributed by atoms with Crippen LogP contribution in [0.4, 0.5) is 5.69 Å². The molecule has 2 atom stereocenters. The normalized spacial score (nSPS) is 11.4. The van der Waals surface area contributed by atoms with E-state index in [9.17, 15) is 0 Å². The summed E-state index contributed by atoms with van der Waals surface area (Å²) in [7, 11) is 3.36. The van der Waals surface area contributed by atoms with Crippen molar-refractivity contribution in [2.24, 2.45) is 0 Å². The van der Waals surface area contributed by atoms with Gasteiger partial charge in [-0.2, -0.15) is 0 Å². The van der Waals surface area contributed by atoms with Gasteiger partial charge < -0.3 is 24.7 Å². The van der Waals surface area contributed by atoms with E-state index in [-0.39, 0.29) is 19.6 Å². The molecule has 2 N–H and O–H groups in total. The van der Waals surface area contributed by atoms with Gasteiger partial charge >= 0.3 is 0 Å². The van der Waals surface area contributed by atoms with E-state index in [1.165, 1.54) is 16.7 Å². The molecule has 0 aliphatic rings. The van der Waals surface area contributed by atoms with Gasteiger partial charge in [-0.1, -0.05) is 74.2 Å². The van der Waals surface area contributed by atoms with Crippen LogP contribution in [-0.2, 0) is 15.9 Å². The van der Waals surface area contributed by atoms with E-state index in [1.807, 2.05) is 107 Å². The minimum Gasteiger partial charge on any atom is -0.497 e. The van der Waals surface area contributed by atoms with Gasteiger partial charge in [0.25, 0.3) is 0 Å². The fourth-order valence-corrected chi connectivity index (χ4v) is 5.65. The molecule has 0 aliphatic carbocycles. The number of aromatic nitrogens is 2. The first kappa shape index (κ1) is 43.4. The number of hydrogen-bond acceptors (Lipinski definition) is 7. The quantitative estimate of drug-likeness (QED) is 0.123. The summed E-state index contributed by atoms with van der Waals surface area (Å²) in [6.07, 6.45) is 4.72. The molecule has 0 fully saturated rings. The van der Waals surface area contributed by atoms with E-state index in [0.29, 0.717) is 6.61 Å². The third-order valence-electron chi connectivity index (χ3n) is 8.34. The Labute approximate surface area is 330 Å². The molecule has 2 unspecified atom stereocenters. The molecule has 6 aromatic rings. The topological polar surface area (TPSA) is 88.7 Å². The maximum Gasteiger partial charge on any atom is 0.119 e. The van der Waals surface area contributed by atoms with Crippen LogP contribution >= 0.6 is 15.9 Å². The predicted octanol–water partition coefficient (Wildman–Crippen LogP) is 12.0. The minimum absolute atomic E-state index is 0. The molecule has 0 aliphatic heterocycles. The Morgan fingerprint density at radius 2 is 1.04 bits per heavy atom. The average molecular weight is 793 g/mol. The Morgan fingerprint density at radius 1 is 0.574 bits per heavy atom. The summed E-state index contributed by atoms with van der Waals surface area (Å²) >= 11 is 3.33. The largest absolute Gasteiger partial charge is 0.497 e. The Balaban J connectivity index is 0.000000237. The number of hydrogen-bond donors (Lipinski definition) is 1. The van der Waals surface area contributed by atoms with Crippen molar-refractivity contribution >= 4 is 21.6 Å². The van der Waals surface area contributed by atoms with Crippen LogP contribution in [0.25, 0.3) is 22.3 Å². The Bertz CT molecular complexity index is 1930. The van der Waals surface area contributed by atoms with Crippen LogP contribution in [0.1, 0.15) is 69.8 Å². The van der Waals surface area contributed by atoms with E-state index in [0.717, 1.165) is 62.8 Å². The number of nitrogens with two attached hydrogens (primary N) is 1. The molecule has 4 aromatic carbocycles. The van der Waals surface area contributed by atoms with Crippen LogP contribution in [0, 0.1) is 0 Å². The van der Waals surface area contributed by atoms with Crippen LogP contribution < -0.4 is 15.2 Å². The monoisotopic (exact) mass is 791 g/mol. The first-order valence-electron chi connectivity index (χ1n) is 17.8. The SMILES string of the molecule is C.CCOC(C)c1ccc(Br)cn1.CCOC(C)c1ccc(Cc2ccc(-c3cccc(OC)c3)cc2)cn1.COc1cccc(-c2ccc(N)cc2)c1. The zero-order valence-electron chi connectivity index (χ0n) is 31.5. The third kappa shape index (κ3) is 13.8. The van der Waals surface area contributed by atoms with E-state index in [4.69, 9.17) is 24.7 Å². The lowest BCUT2D eigenvalue weighted by molar-refractivity contribution is 0.0732. The predicted molar refractivity (Wildman–Crippen MR) is 227 cm³/mol. The lowest BCUT2D eigenvalue weighted by Gasteiger charge is -2.11. The van der Waals surface area contributed by atoms with Crippen molar-refractivity contribution in [3.8, 4) is 33.8 Å². The molecule has 0 bridgehead atoms. The molecule has 0 saturated heterocycles. The lowest BCUT2D eigenvalue weighted by Crippen LogP contribution is -2.02. The molecule has 8 heteroatoms. The molecule has 0 amide bonds. The van der Waals surface area contributed by atoms with Gasteiger partial charge in [-0.3, -0.25) is 9.97 Å². The fourth-order valence-electron chi connectivity index (χ4n) is 5.41. The molecule has 0 saturated carbocycles. The Kier molecular flexibility index (Phi) is 18.4. The van der Waals surface area contributed by atoms with Gasteiger partial charge in [0.15, 0.2) is 0 Å². The van der Waals surface area contributed by atoms with Crippen molar-refractivity contribution in [2.75, 3.05) is 33.2 Å². The summed E-state index contributed by atoms with van der Waals surface area (Å²) in [5.74, 6) is 1.74. The summed E-state index contributed by atoms with van der Waals surface area (Å²) in [5, 5.41) is 0. The van der Waals surface area contributed by atoms with E-state index < -0.39 is 0 Å². The molecular formula is C46H54BrN3O4. The van der Waals surface area contributed by atoms with Crippen LogP contribution in [0.15, 0.2) is 138 Å². The summed E-state index contributed by atoms with van der Waals surface area (Å²) in [5.41, 5.74) is 15.5. The number of methoxy groups -OCH3 is 2. The van der Waals surface area contributed by atoms with Crippen LogP contribution in [0.3, 0.4) is 0 Å². The molecule has 6 rings (SSSR count). The molecule has 54 heavy (non-hydrogen) atoms. The number of pyridine rings is 2. The summed E-state index contributed by atoms with van der Waals surface area (Å²) in [4.78, 5) is 8.76. The first-order valence-corrected chi connectivity index (χ1v) is 18.5. The number of nitrogen functional groups attached to an aromatic ring is 1. The Hall–Kier alpha value is -5.02. The molecule has 0 spiro atoms. The maximum absolute atomic E-state index is 5.64. The Morgan fingerprint density at radius 3 is 1.46 bits per heavy atom. The first-order chi connectivity index (χ1) is 25.7. The zero-order valence-corrected chi connectivity index (χ0v) is 33.0. The summed E-state index contributed by atoms with van der Waals surface area (Å²) < 4.78 is 22.5. The van der Waals surface area contributed by atoms with Crippen molar-refractivity contribution in [1.82, 2.24) is 9.97 Å². The van der Waals surface area contributed by atoms with Gasteiger partial charge in [-0.05, 0) is 138 Å². The third-order valence-corrected chi connectivity index (χ3v) is 8.81. The second-order valence-electron chi connectivity index (χ2n) is 12.1. The number of anilines is 1. The van der Waals surface area contributed by atoms with Gasteiger partial charge in [-0.15, -0.1) is 0 Å². The van der Waals surface area contributed by atoms with Gasteiger partial charge in [0.1, 0.15) is 11.5 Å². The molecule has 7 nitrogen and oxygen atoms in total. The van der Waals surface area contributed by atoms with Gasteiger partial charge in [-0.25, -0.2) is 0 Å². The van der Waals surface area contributed by atoms with E-state index in [2.05, 4.69) is 74.4 Å². The lowest BCUT2D eigenvalue weighted by atomic mass is 10.0. The second kappa shape index (κ2) is 22.9. The number of halogens is 1. The average Bonchev–Trinajstić information content (AvgIpc) is 3.20. The number of ether oxygens (including phenoxy) is 4. The van der Waals surface area contributed by atoms with Gasteiger partial charge in [0, 0.05) is 35.8 Å². The highest BCUT2D eigenvalue weighted by molar-refractivity contribution is 9.10. The zero-order chi connectivity index (χ0) is 38.0. The van der Waals surface area contributed by atoms with Crippen LogP contribution in [0.2, 0.25) is 0 Å². The molecular weight excluding hydrogens is 738 g/mol. The minimum atomic E-state index is 0. The second-order valence-corrected chi connectivity index (χ2v) is 13.1. The van der Waals surface area contributed by atoms with E-state index >= 15 is 0 Å². The van der Waals surface area contributed by atoms with Crippen LogP contribution in [-0.4, -0.2) is 37.4 Å². The fraction of sp³-hybridized carbons (Fsp3) is 0.261. The molecule has 0 radical (unpaired) electrons. The summed E-state index contributed by atoms with van der Waals surface area (Å²) in [6, 6.07) is 40.7. The number of benzene rings is 4. The van der Waals surface area contributed by atoms with Crippen molar-refractivity contribution in [3.63, 3.8) is 0 Å². The van der Waals surface area contributed by atoms with E-state index in [1.54, 1.807) is 20.4 Å². The molecule has 284 valence electrons. The highest BCUT2D eigenvalue weighted by Gasteiger charge is 2.08. The highest BCUT2D eigenvalue weighted by atomic mass is 79.9. The number of rotatable bonds is 12. The number of nitrogens with zero attached hydrogens (tertiary/aromatic N) is 2. The highest BCUT2D eigenvalue weighted by Crippen LogP contribution is 2.26. The smallest absolute Gasteiger partial charge is 0.119 e. The van der Waals surface area contributed by atoms with Crippen molar-refractivity contribution in [2.45, 2.75) is 53.8 Å². The van der Waals surface area contributed by atoms with Crippen molar-refractivity contribution < 1.29 is 18.9 Å². The van der Waals surface area contributed by atoms with Crippen molar-refractivity contribution in [1.29, 1.82) is 0 Å². The van der Waals surface area contributed by atoms with Crippen molar-refractivity contribution in [3.05, 3.63) is 161 Å². The van der Waals surface area contributed by atoms with Gasteiger partial charge in [0.05, 0.1) is 37.8 Å².